The fourth-order valence-electron chi connectivity index (χ4n) is 1.61. The third-order valence-electron chi connectivity index (χ3n) is 2.56. The van der Waals surface area contributed by atoms with Crippen LogP contribution >= 0.6 is 11.3 Å². The van der Waals surface area contributed by atoms with Crippen LogP contribution in [0.4, 0.5) is 0 Å². The van der Waals surface area contributed by atoms with E-state index in [-0.39, 0.29) is 6.61 Å². The molecule has 1 heterocycles. The zero-order valence-corrected chi connectivity index (χ0v) is 10.8. The summed E-state index contributed by atoms with van der Waals surface area (Å²) in [5.41, 5.74) is 0. The van der Waals surface area contributed by atoms with Crippen molar-refractivity contribution in [3.05, 3.63) is 52.2 Å². The molecule has 1 atom stereocenters. The summed E-state index contributed by atoms with van der Waals surface area (Å²) in [5, 5.41) is 9.24. The fourth-order valence-corrected chi connectivity index (χ4v) is 2.57. The lowest BCUT2D eigenvalue weighted by molar-refractivity contribution is -0.139. The van der Waals surface area contributed by atoms with Crippen LogP contribution in [0.3, 0.4) is 0 Å². The van der Waals surface area contributed by atoms with Crippen LogP contribution in [0.2, 0.25) is 0 Å². The molecule has 1 unspecified atom stereocenters. The first kappa shape index (κ1) is 12.6. The molecule has 1 aromatic heterocycles. The Morgan fingerprint density at radius 1 is 1.28 bits per heavy atom. The number of carboxylic acid groups (broad SMARTS) is 1. The van der Waals surface area contributed by atoms with Crippen molar-refractivity contribution in [1.82, 2.24) is 0 Å². The predicted molar refractivity (Wildman–Crippen MR) is 71.4 cm³/mol. The van der Waals surface area contributed by atoms with Crippen LogP contribution in [0.15, 0.2) is 42.5 Å². The molecule has 3 nitrogen and oxygen atoms in total. The largest absolute Gasteiger partial charge is 0.492 e. The van der Waals surface area contributed by atoms with E-state index in [1.54, 1.807) is 0 Å². The number of aryl methyl sites for hydroxylation is 1. The van der Waals surface area contributed by atoms with Crippen LogP contribution in [-0.4, -0.2) is 17.7 Å². The molecule has 2 aromatic rings. The van der Waals surface area contributed by atoms with Gasteiger partial charge in [-0.25, -0.2) is 0 Å². The third-order valence-corrected chi connectivity index (χ3v) is 3.68. The molecule has 0 aliphatic carbocycles. The molecule has 0 bridgehead atoms. The highest BCUT2D eigenvalue weighted by atomic mass is 32.1. The molecular formula is C14H14O3S. The van der Waals surface area contributed by atoms with Crippen molar-refractivity contribution in [2.75, 3.05) is 6.61 Å². The molecule has 0 amide bonds. The van der Waals surface area contributed by atoms with Crippen molar-refractivity contribution in [2.24, 2.45) is 0 Å². The summed E-state index contributed by atoms with van der Waals surface area (Å²) in [6, 6.07) is 13.0. The molecule has 4 heteroatoms. The second-order valence-electron chi connectivity index (χ2n) is 3.96. The van der Waals surface area contributed by atoms with E-state index in [0.29, 0.717) is 5.75 Å². The molecule has 94 valence electrons. The summed E-state index contributed by atoms with van der Waals surface area (Å²) >= 11 is 1.50. The Hall–Kier alpha value is -1.81. The van der Waals surface area contributed by atoms with Gasteiger partial charge in [0, 0.05) is 9.75 Å². The van der Waals surface area contributed by atoms with Gasteiger partial charge in [-0.05, 0) is 31.2 Å². The quantitative estimate of drug-likeness (QED) is 0.899. The van der Waals surface area contributed by atoms with Gasteiger partial charge in [-0.15, -0.1) is 11.3 Å². The van der Waals surface area contributed by atoms with Gasteiger partial charge >= 0.3 is 5.97 Å². The SMILES string of the molecule is Cc1ccc(C(COc2ccccc2)C(=O)O)s1. The number of hydrogen-bond donors (Lipinski definition) is 1. The highest BCUT2D eigenvalue weighted by molar-refractivity contribution is 7.12. The molecule has 0 fully saturated rings. The van der Waals surface area contributed by atoms with Gasteiger partial charge < -0.3 is 9.84 Å². The zero-order valence-electron chi connectivity index (χ0n) is 10.00. The molecular weight excluding hydrogens is 248 g/mol. The van der Waals surface area contributed by atoms with E-state index in [1.165, 1.54) is 11.3 Å². The Labute approximate surface area is 110 Å². The summed E-state index contributed by atoms with van der Waals surface area (Å²) in [7, 11) is 0. The normalized spacial score (nSPS) is 12.1. The van der Waals surface area contributed by atoms with Crippen molar-refractivity contribution in [3.8, 4) is 5.75 Å². The van der Waals surface area contributed by atoms with Crippen LogP contribution in [-0.2, 0) is 4.79 Å². The lowest BCUT2D eigenvalue weighted by Crippen LogP contribution is -2.18. The van der Waals surface area contributed by atoms with Crippen molar-refractivity contribution in [2.45, 2.75) is 12.8 Å². The minimum Gasteiger partial charge on any atom is -0.492 e. The minimum absolute atomic E-state index is 0.152. The number of hydrogen-bond acceptors (Lipinski definition) is 3. The standard InChI is InChI=1S/C14H14O3S/c1-10-7-8-13(18-10)12(14(15)16)9-17-11-5-3-2-4-6-11/h2-8,12H,9H2,1H3,(H,15,16). The van der Waals surface area contributed by atoms with E-state index in [4.69, 9.17) is 4.74 Å². The Morgan fingerprint density at radius 3 is 2.56 bits per heavy atom. The van der Waals surface area contributed by atoms with Gasteiger partial charge in [0.25, 0.3) is 0 Å². The van der Waals surface area contributed by atoms with Gasteiger partial charge in [0.15, 0.2) is 0 Å². The van der Waals surface area contributed by atoms with Gasteiger partial charge in [0.05, 0.1) is 0 Å². The first-order chi connectivity index (χ1) is 8.66. The van der Waals surface area contributed by atoms with Crippen LogP contribution in [0.1, 0.15) is 15.7 Å². The van der Waals surface area contributed by atoms with Crippen LogP contribution in [0.25, 0.3) is 0 Å². The summed E-state index contributed by atoms with van der Waals surface area (Å²) in [6.07, 6.45) is 0. The number of para-hydroxylation sites is 1. The van der Waals surface area contributed by atoms with Crippen molar-refractivity contribution in [1.29, 1.82) is 0 Å². The third kappa shape index (κ3) is 3.11. The van der Waals surface area contributed by atoms with Crippen molar-refractivity contribution >= 4 is 17.3 Å². The molecule has 0 aliphatic heterocycles. The summed E-state index contributed by atoms with van der Waals surface area (Å²) < 4.78 is 5.52. The van der Waals surface area contributed by atoms with Gasteiger partial charge in [-0.1, -0.05) is 18.2 Å². The molecule has 0 saturated carbocycles. The van der Waals surface area contributed by atoms with Crippen molar-refractivity contribution in [3.63, 3.8) is 0 Å². The number of carbonyl (C=O) groups is 1. The lowest BCUT2D eigenvalue weighted by Gasteiger charge is -2.12. The van der Waals surface area contributed by atoms with E-state index in [0.717, 1.165) is 9.75 Å². The number of rotatable bonds is 5. The molecule has 0 saturated heterocycles. The second kappa shape index (κ2) is 5.69. The van der Waals surface area contributed by atoms with E-state index in [1.807, 2.05) is 49.4 Å². The fraction of sp³-hybridized carbons (Fsp3) is 0.214. The number of ether oxygens (including phenoxy) is 1. The molecule has 18 heavy (non-hydrogen) atoms. The van der Waals surface area contributed by atoms with E-state index < -0.39 is 11.9 Å². The molecule has 2 rings (SSSR count). The Kier molecular flexibility index (Phi) is 3.99. The van der Waals surface area contributed by atoms with Crippen LogP contribution < -0.4 is 4.74 Å². The highest BCUT2D eigenvalue weighted by Gasteiger charge is 2.22. The monoisotopic (exact) mass is 262 g/mol. The maximum absolute atomic E-state index is 11.3. The maximum Gasteiger partial charge on any atom is 0.315 e. The number of carboxylic acids is 1. The van der Waals surface area contributed by atoms with Crippen LogP contribution in [0, 0.1) is 6.92 Å². The van der Waals surface area contributed by atoms with Gasteiger partial charge in [0.1, 0.15) is 18.3 Å². The topological polar surface area (TPSA) is 46.5 Å². The van der Waals surface area contributed by atoms with E-state index in [9.17, 15) is 9.90 Å². The molecule has 0 aliphatic rings. The zero-order chi connectivity index (χ0) is 13.0. The highest BCUT2D eigenvalue weighted by Crippen LogP contribution is 2.25. The summed E-state index contributed by atoms with van der Waals surface area (Å²) in [4.78, 5) is 13.2. The van der Waals surface area contributed by atoms with Gasteiger partial charge in [-0.2, -0.15) is 0 Å². The molecule has 0 radical (unpaired) electrons. The molecule has 0 spiro atoms. The second-order valence-corrected chi connectivity index (χ2v) is 5.28. The molecule has 1 N–H and O–H groups in total. The average molecular weight is 262 g/mol. The Balaban J connectivity index is 2.06. The number of thiophene rings is 1. The summed E-state index contributed by atoms with van der Waals surface area (Å²) in [5.74, 6) is -0.770. The maximum atomic E-state index is 11.3. The smallest absolute Gasteiger partial charge is 0.315 e. The first-order valence-electron chi connectivity index (χ1n) is 5.64. The predicted octanol–water partition coefficient (Wildman–Crippen LogP) is 3.30. The van der Waals surface area contributed by atoms with E-state index >= 15 is 0 Å². The summed E-state index contributed by atoms with van der Waals surface area (Å²) in [6.45, 7) is 2.12. The van der Waals surface area contributed by atoms with Gasteiger partial charge in [-0.3, -0.25) is 4.79 Å². The average Bonchev–Trinajstić information content (AvgIpc) is 2.77. The van der Waals surface area contributed by atoms with Crippen LogP contribution in [0.5, 0.6) is 5.75 Å². The van der Waals surface area contributed by atoms with Crippen molar-refractivity contribution < 1.29 is 14.6 Å². The molecule has 1 aromatic carbocycles. The number of aliphatic carboxylic acids is 1. The first-order valence-corrected chi connectivity index (χ1v) is 6.45. The van der Waals surface area contributed by atoms with E-state index in [2.05, 4.69) is 0 Å². The minimum atomic E-state index is -0.854. The lowest BCUT2D eigenvalue weighted by atomic mass is 10.1. The number of benzene rings is 1. The van der Waals surface area contributed by atoms with Gasteiger partial charge in [0.2, 0.25) is 0 Å². The Bertz CT molecular complexity index is 519. The Morgan fingerprint density at radius 2 is 2.00 bits per heavy atom.